The third-order valence-electron chi connectivity index (χ3n) is 1.97. The van der Waals surface area contributed by atoms with Crippen molar-refractivity contribution in [3.05, 3.63) is 35.4 Å². The molecule has 0 unspecified atom stereocenters. The number of hydrogen-bond donors (Lipinski definition) is 1. The van der Waals surface area contributed by atoms with Crippen molar-refractivity contribution in [1.82, 2.24) is 10.4 Å². The maximum atomic E-state index is 11.1. The van der Waals surface area contributed by atoms with Crippen LogP contribution >= 0.6 is 0 Å². The molecule has 0 spiro atoms. The molecule has 0 fully saturated rings. The molecule has 0 bridgehead atoms. The summed E-state index contributed by atoms with van der Waals surface area (Å²) in [7, 11) is 5.25. The quantitative estimate of drug-likeness (QED) is 0.593. The number of carbonyl (C=O) groups excluding carboxylic acids is 1. The highest BCUT2D eigenvalue weighted by atomic mass is 16.5. The van der Waals surface area contributed by atoms with Gasteiger partial charge in [0.2, 0.25) is 0 Å². The number of esters is 1. The standard InChI is InChI=1S/C11H16N2O2/c1-13(2)12-8-9-4-6-10(7-5-9)11(14)15-3/h4-7,12H,8H2,1-3H3. The third-order valence-corrected chi connectivity index (χ3v) is 1.97. The molecule has 0 saturated heterocycles. The van der Waals surface area contributed by atoms with E-state index in [1.54, 1.807) is 12.1 Å². The second kappa shape index (κ2) is 5.48. The molecule has 4 heteroatoms. The summed E-state index contributed by atoms with van der Waals surface area (Å²) in [4.78, 5) is 11.1. The van der Waals surface area contributed by atoms with E-state index in [1.807, 2.05) is 31.2 Å². The van der Waals surface area contributed by atoms with Crippen LogP contribution in [-0.4, -0.2) is 32.2 Å². The van der Waals surface area contributed by atoms with E-state index in [1.165, 1.54) is 7.11 Å². The molecule has 0 amide bonds. The van der Waals surface area contributed by atoms with Gasteiger partial charge in [-0.3, -0.25) is 10.4 Å². The summed E-state index contributed by atoms with van der Waals surface area (Å²) in [5.74, 6) is -0.304. The Morgan fingerprint density at radius 2 is 1.93 bits per heavy atom. The van der Waals surface area contributed by atoms with Gasteiger partial charge in [-0.25, -0.2) is 4.79 Å². The van der Waals surface area contributed by atoms with Crippen LogP contribution in [0.3, 0.4) is 0 Å². The van der Waals surface area contributed by atoms with Crippen molar-refractivity contribution in [2.24, 2.45) is 0 Å². The minimum atomic E-state index is -0.304. The molecule has 0 atom stereocenters. The van der Waals surface area contributed by atoms with E-state index < -0.39 is 0 Å². The summed E-state index contributed by atoms with van der Waals surface area (Å²) in [6.45, 7) is 0.744. The van der Waals surface area contributed by atoms with Crippen LogP contribution < -0.4 is 5.43 Å². The van der Waals surface area contributed by atoms with Crippen LogP contribution in [0.1, 0.15) is 15.9 Å². The van der Waals surface area contributed by atoms with Gasteiger partial charge in [0.1, 0.15) is 0 Å². The van der Waals surface area contributed by atoms with Crippen molar-refractivity contribution in [3.8, 4) is 0 Å². The lowest BCUT2D eigenvalue weighted by molar-refractivity contribution is 0.0600. The van der Waals surface area contributed by atoms with Gasteiger partial charge >= 0.3 is 5.97 Å². The Morgan fingerprint density at radius 1 is 1.33 bits per heavy atom. The number of ether oxygens (including phenoxy) is 1. The van der Waals surface area contributed by atoms with E-state index in [-0.39, 0.29) is 5.97 Å². The highest BCUT2D eigenvalue weighted by Gasteiger charge is 2.03. The van der Waals surface area contributed by atoms with Gasteiger partial charge in [-0.1, -0.05) is 12.1 Å². The predicted molar refractivity (Wildman–Crippen MR) is 58.3 cm³/mol. The van der Waals surface area contributed by atoms with E-state index >= 15 is 0 Å². The van der Waals surface area contributed by atoms with Crippen LogP contribution in [0.15, 0.2) is 24.3 Å². The molecule has 1 aromatic carbocycles. The number of rotatable bonds is 4. The average Bonchev–Trinajstić information content (AvgIpc) is 2.26. The fourth-order valence-corrected chi connectivity index (χ4v) is 1.13. The summed E-state index contributed by atoms with van der Waals surface area (Å²) in [5, 5.41) is 1.88. The van der Waals surface area contributed by atoms with E-state index in [0.29, 0.717) is 5.56 Å². The highest BCUT2D eigenvalue weighted by molar-refractivity contribution is 5.89. The molecule has 0 aliphatic heterocycles. The Kier molecular flexibility index (Phi) is 4.27. The summed E-state index contributed by atoms with van der Waals surface area (Å²) < 4.78 is 4.61. The van der Waals surface area contributed by atoms with Crippen molar-refractivity contribution < 1.29 is 9.53 Å². The minimum Gasteiger partial charge on any atom is -0.465 e. The number of hydrogen-bond acceptors (Lipinski definition) is 4. The fourth-order valence-electron chi connectivity index (χ4n) is 1.13. The molecule has 0 radical (unpaired) electrons. The largest absolute Gasteiger partial charge is 0.465 e. The first-order valence-electron chi connectivity index (χ1n) is 4.71. The highest BCUT2D eigenvalue weighted by Crippen LogP contribution is 2.05. The van der Waals surface area contributed by atoms with Gasteiger partial charge < -0.3 is 4.74 Å². The molecule has 0 aliphatic rings. The van der Waals surface area contributed by atoms with Gasteiger partial charge in [0, 0.05) is 20.6 Å². The van der Waals surface area contributed by atoms with E-state index in [9.17, 15) is 4.79 Å². The van der Waals surface area contributed by atoms with Gasteiger partial charge in [0.15, 0.2) is 0 Å². The molecule has 82 valence electrons. The first-order chi connectivity index (χ1) is 7.13. The van der Waals surface area contributed by atoms with Crippen molar-refractivity contribution in [2.45, 2.75) is 6.54 Å². The minimum absolute atomic E-state index is 0.304. The van der Waals surface area contributed by atoms with Gasteiger partial charge in [0.25, 0.3) is 0 Å². The third kappa shape index (κ3) is 3.69. The zero-order valence-corrected chi connectivity index (χ0v) is 9.28. The van der Waals surface area contributed by atoms with Gasteiger partial charge in [-0.05, 0) is 17.7 Å². The summed E-state index contributed by atoms with van der Waals surface area (Å²) in [5.41, 5.74) is 4.84. The lowest BCUT2D eigenvalue weighted by Gasteiger charge is -2.11. The van der Waals surface area contributed by atoms with Gasteiger partial charge in [-0.15, -0.1) is 0 Å². The molecule has 1 rings (SSSR count). The molecule has 0 saturated carbocycles. The molecular formula is C11H16N2O2. The number of nitrogens with one attached hydrogen (secondary N) is 1. The Bertz CT molecular complexity index is 320. The SMILES string of the molecule is COC(=O)c1ccc(CNN(C)C)cc1. The van der Waals surface area contributed by atoms with E-state index in [4.69, 9.17) is 0 Å². The zero-order valence-electron chi connectivity index (χ0n) is 9.28. The number of benzene rings is 1. The van der Waals surface area contributed by atoms with Crippen molar-refractivity contribution >= 4 is 5.97 Å². The second-order valence-corrected chi connectivity index (χ2v) is 3.42. The Morgan fingerprint density at radius 3 is 2.40 bits per heavy atom. The first kappa shape index (κ1) is 11.7. The normalized spacial score (nSPS) is 10.4. The molecule has 15 heavy (non-hydrogen) atoms. The van der Waals surface area contributed by atoms with E-state index in [0.717, 1.165) is 12.1 Å². The molecule has 4 nitrogen and oxygen atoms in total. The van der Waals surface area contributed by atoms with Crippen LogP contribution in [0.5, 0.6) is 0 Å². The average molecular weight is 208 g/mol. The second-order valence-electron chi connectivity index (χ2n) is 3.42. The first-order valence-corrected chi connectivity index (χ1v) is 4.71. The van der Waals surface area contributed by atoms with Crippen LogP contribution in [0.2, 0.25) is 0 Å². The monoisotopic (exact) mass is 208 g/mol. The van der Waals surface area contributed by atoms with Crippen molar-refractivity contribution in [2.75, 3.05) is 21.2 Å². The smallest absolute Gasteiger partial charge is 0.337 e. The maximum absolute atomic E-state index is 11.1. The Hall–Kier alpha value is -1.39. The molecule has 0 heterocycles. The lowest BCUT2D eigenvalue weighted by Crippen LogP contribution is -2.29. The van der Waals surface area contributed by atoms with Crippen LogP contribution in [0.25, 0.3) is 0 Å². The maximum Gasteiger partial charge on any atom is 0.337 e. The van der Waals surface area contributed by atoms with E-state index in [2.05, 4.69) is 10.2 Å². The Labute approximate surface area is 89.8 Å². The summed E-state index contributed by atoms with van der Waals surface area (Å²) in [6.07, 6.45) is 0. The predicted octanol–water partition coefficient (Wildman–Crippen LogP) is 1.04. The summed E-state index contributed by atoms with van der Waals surface area (Å²) >= 11 is 0. The topological polar surface area (TPSA) is 41.6 Å². The van der Waals surface area contributed by atoms with Crippen LogP contribution in [0.4, 0.5) is 0 Å². The number of nitrogens with zero attached hydrogens (tertiary/aromatic N) is 1. The Balaban J connectivity index is 2.60. The summed E-state index contributed by atoms with van der Waals surface area (Å²) in [6, 6.07) is 7.34. The molecule has 0 aromatic heterocycles. The van der Waals surface area contributed by atoms with Gasteiger partial charge in [-0.2, -0.15) is 0 Å². The molecule has 1 aromatic rings. The number of methoxy groups -OCH3 is 1. The lowest BCUT2D eigenvalue weighted by atomic mass is 10.1. The van der Waals surface area contributed by atoms with Crippen LogP contribution in [-0.2, 0) is 11.3 Å². The molecular weight excluding hydrogens is 192 g/mol. The van der Waals surface area contributed by atoms with Crippen molar-refractivity contribution in [3.63, 3.8) is 0 Å². The zero-order chi connectivity index (χ0) is 11.3. The molecule has 1 N–H and O–H groups in total. The molecule has 0 aliphatic carbocycles. The number of hydrazine groups is 1. The fraction of sp³-hybridized carbons (Fsp3) is 0.364. The van der Waals surface area contributed by atoms with Crippen LogP contribution in [0, 0.1) is 0 Å². The van der Waals surface area contributed by atoms with Gasteiger partial charge in [0.05, 0.1) is 12.7 Å². The number of carbonyl (C=O) groups is 1. The van der Waals surface area contributed by atoms with Crippen molar-refractivity contribution in [1.29, 1.82) is 0 Å².